The van der Waals surface area contributed by atoms with Crippen molar-refractivity contribution in [2.75, 3.05) is 11.9 Å². The van der Waals surface area contributed by atoms with Crippen LogP contribution >= 0.6 is 0 Å². The summed E-state index contributed by atoms with van der Waals surface area (Å²) in [5, 5.41) is 14.1. The van der Waals surface area contributed by atoms with Crippen LogP contribution in [0.3, 0.4) is 0 Å². The van der Waals surface area contributed by atoms with Crippen LogP contribution in [0, 0.1) is 0 Å². The molecule has 1 aliphatic heterocycles. The molecule has 3 N–H and O–H groups in total. The van der Waals surface area contributed by atoms with Crippen LogP contribution in [0.2, 0.25) is 0 Å². The van der Waals surface area contributed by atoms with Crippen molar-refractivity contribution in [2.45, 2.75) is 5.92 Å². The monoisotopic (exact) mass is 251 g/mol. The summed E-state index contributed by atoms with van der Waals surface area (Å²) in [4.78, 5) is 7.61. The van der Waals surface area contributed by atoms with Gasteiger partial charge in [-0.2, -0.15) is 0 Å². The van der Waals surface area contributed by atoms with Crippen LogP contribution in [0.15, 0.2) is 42.7 Å². The number of rotatable bonds is 1. The molecule has 4 nitrogen and oxygen atoms in total. The molecule has 1 aromatic carbocycles. The lowest BCUT2D eigenvalue weighted by Gasteiger charge is -2.08. The summed E-state index contributed by atoms with van der Waals surface area (Å²) >= 11 is 0. The number of aromatic amines is 1. The van der Waals surface area contributed by atoms with E-state index < -0.39 is 0 Å². The Hall–Kier alpha value is -2.49. The molecule has 4 rings (SSSR count). The minimum absolute atomic E-state index is 0.277. The molecule has 1 atom stereocenters. The van der Waals surface area contributed by atoms with Gasteiger partial charge in [-0.05, 0) is 29.8 Å². The van der Waals surface area contributed by atoms with Gasteiger partial charge in [-0.1, -0.05) is 6.07 Å². The van der Waals surface area contributed by atoms with E-state index in [2.05, 4.69) is 21.4 Å². The van der Waals surface area contributed by atoms with E-state index in [4.69, 9.17) is 0 Å². The number of phenols is 1. The van der Waals surface area contributed by atoms with Gasteiger partial charge in [0, 0.05) is 41.3 Å². The Bertz CT molecular complexity index is 763. The van der Waals surface area contributed by atoms with Gasteiger partial charge in [0.1, 0.15) is 11.6 Å². The number of anilines is 1. The van der Waals surface area contributed by atoms with Crippen LogP contribution in [-0.2, 0) is 0 Å². The van der Waals surface area contributed by atoms with Gasteiger partial charge in [0.05, 0.1) is 0 Å². The lowest BCUT2D eigenvalue weighted by atomic mass is 9.94. The smallest absolute Gasteiger partial charge is 0.129 e. The van der Waals surface area contributed by atoms with E-state index in [1.54, 1.807) is 12.3 Å². The summed E-state index contributed by atoms with van der Waals surface area (Å²) in [5.41, 5.74) is 3.46. The van der Waals surface area contributed by atoms with E-state index in [-0.39, 0.29) is 5.92 Å². The molecule has 94 valence electrons. The van der Waals surface area contributed by atoms with Crippen LogP contribution < -0.4 is 5.32 Å². The standard InChI is InChI=1S/C15H13N3O/c19-9-3-4-14-11(6-9)13(7-17-14)12-8-18-15-10(12)2-1-5-16-15/h1-7,12,17,19H,8H2,(H,16,18). The van der Waals surface area contributed by atoms with Crippen molar-refractivity contribution < 1.29 is 5.11 Å². The first-order valence-electron chi connectivity index (χ1n) is 6.32. The maximum atomic E-state index is 9.67. The molecular weight excluding hydrogens is 238 g/mol. The van der Waals surface area contributed by atoms with E-state index in [0.717, 1.165) is 23.3 Å². The van der Waals surface area contributed by atoms with E-state index in [0.29, 0.717) is 5.75 Å². The van der Waals surface area contributed by atoms with Crippen LogP contribution in [0.1, 0.15) is 17.0 Å². The molecule has 0 amide bonds. The maximum absolute atomic E-state index is 9.67. The molecule has 2 aromatic heterocycles. The van der Waals surface area contributed by atoms with E-state index >= 15 is 0 Å². The minimum atomic E-state index is 0.277. The van der Waals surface area contributed by atoms with Crippen molar-refractivity contribution in [1.82, 2.24) is 9.97 Å². The average Bonchev–Trinajstić information content (AvgIpc) is 3.01. The number of hydrogen-bond acceptors (Lipinski definition) is 3. The Morgan fingerprint density at radius 1 is 1.21 bits per heavy atom. The highest BCUT2D eigenvalue weighted by Gasteiger charge is 2.26. The van der Waals surface area contributed by atoms with Gasteiger partial charge in [0.15, 0.2) is 0 Å². The molecular formula is C15H13N3O. The van der Waals surface area contributed by atoms with Crippen LogP contribution in [0.5, 0.6) is 5.75 Å². The number of nitrogens with zero attached hydrogens (tertiary/aromatic N) is 1. The highest BCUT2D eigenvalue weighted by Crippen LogP contribution is 2.38. The van der Waals surface area contributed by atoms with Crippen molar-refractivity contribution in [2.24, 2.45) is 0 Å². The maximum Gasteiger partial charge on any atom is 0.129 e. The molecule has 0 saturated carbocycles. The van der Waals surface area contributed by atoms with Gasteiger partial charge in [0.25, 0.3) is 0 Å². The fourth-order valence-electron chi connectivity index (χ4n) is 2.85. The molecule has 3 heterocycles. The van der Waals surface area contributed by atoms with Crippen LogP contribution in [0.25, 0.3) is 10.9 Å². The van der Waals surface area contributed by atoms with Gasteiger partial charge in [-0.25, -0.2) is 4.98 Å². The van der Waals surface area contributed by atoms with Crippen molar-refractivity contribution in [3.05, 3.63) is 53.9 Å². The summed E-state index contributed by atoms with van der Waals surface area (Å²) in [5.74, 6) is 1.53. The number of pyridine rings is 1. The van der Waals surface area contributed by atoms with E-state index in [1.165, 1.54) is 11.1 Å². The summed E-state index contributed by atoms with van der Waals surface area (Å²) in [6, 6.07) is 9.49. The molecule has 0 fully saturated rings. The van der Waals surface area contributed by atoms with Crippen LogP contribution in [0.4, 0.5) is 5.82 Å². The Morgan fingerprint density at radius 2 is 2.16 bits per heavy atom. The predicted molar refractivity (Wildman–Crippen MR) is 74.5 cm³/mol. The quantitative estimate of drug-likeness (QED) is 0.623. The highest BCUT2D eigenvalue weighted by molar-refractivity contribution is 5.86. The van der Waals surface area contributed by atoms with Crippen LogP contribution in [-0.4, -0.2) is 21.6 Å². The molecule has 0 radical (unpaired) electrons. The zero-order valence-electron chi connectivity index (χ0n) is 10.2. The Labute approximate surface area is 110 Å². The summed E-state index contributed by atoms with van der Waals surface area (Å²) in [6.07, 6.45) is 3.83. The highest BCUT2D eigenvalue weighted by atomic mass is 16.3. The van der Waals surface area contributed by atoms with Crippen molar-refractivity contribution in [3.8, 4) is 5.75 Å². The zero-order chi connectivity index (χ0) is 12.8. The average molecular weight is 251 g/mol. The normalized spacial score (nSPS) is 17.4. The number of aromatic hydroxyl groups is 1. The SMILES string of the molecule is Oc1ccc2[nH]cc(C3CNc4ncccc43)c2c1. The summed E-state index contributed by atoms with van der Waals surface area (Å²) in [7, 11) is 0. The number of phenolic OH excluding ortho intramolecular Hbond substituents is 1. The number of benzene rings is 1. The third kappa shape index (κ3) is 1.50. The second kappa shape index (κ2) is 3.75. The van der Waals surface area contributed by atoms with Gasteiger partial charge in [0.2, 0.25) is 0 Å². The number of fused-ring (bicyclic) bond motifs is 2. The molecule has 3 aromatic rings. The van der Waals surface area contributed by atoms with Crippen molar-refractivity contribution >= 4 is 16.7 Å². The molecule has 1 aliphatic rings. The Balaban J connectivity index is 1.90. The molecule has 1 unspecified atom stereocenters. The second-order valence-electron chi connectivity index (χ2n) is 4.85. The molecule has 4 heteroatoms. The summed E-state index contributed by atoms with van der Waals surface area (Å²) in [6.45, 7) is 0.842. The molecule has 0 saturated heterocycles. The Morgan fingerprint density at radius 3 is 3.11 bits per heavy atom. The number of nitrogens with one attached hydrogen (secondary N) is 2. The third-order valence-electron chi connectivity index (χ3n) is 3.76. The number of hydrogen-bond donors (Lipinski definition) is 3. The van der Waals surface area contributed by atoms with Crippen molar-refractivity contribution in [1.29, 1.82) is 0 Å². The molecule has 0 aliphatic carbocycles. The van der Waals surface area contributed by atoms with Gasteiger partial charge in [-0.15, -0.1) is 0 Å². The summed E-state index contributed by atoms with van der Waals surface area (Å²) < 4.78 is 0. The molecule has 0 spiro atoms. The fraction of sp³-hybridized carbons (Fsp3) is 0.133. The second-order valence-corrected chi connectivity index (χ2v) is 4.85. The molecule has 0 bridgehead atoms. The fourth-order valence-corrected chi connectivity index (χ4v) is 2.85. The third-order valence-corrected chi connectivity index (χ3v) is 3.76. The van der Waals surface area contributed by atoms with E-state index in [9.17, 15) is 5.11 Å². The lowest BCUT2D eigenvalue weighted by Crippen LogP contribution is -2.02. The van der Waals surface area contributed by atoms with Crippen molar-refractivity contribution in [3.63, 3.8) is 0 Å². The first kappa shape index (κ1) is 10.4. The lowest BCUT2D eigenvalue weighted by molar-refractivity contribution is 0.476. The van der Waals surface area contributed by atoms with E-state index in [1.807, 2.05) is 24.4 Å². The molecule has 19 heavy (non-hydrogen) atoms. The first-order chi connectivity index (χ1) is 9.33. The predicted octanol–water partition coefficient (Wildman–Crippen LogP) is 2.83. The Kier molecular flexibility index (Phi) is 2.06. The largest absolute Gasteiger partial charge is 0.508 e. The van der Waals surface area contributed by atoms with Gasteiger partial charge < -0.3 is 15.4 Å². The number of H-pyrrole nitrogens is 1. The topological polar surface area (TPSA) is 60.9 Å². The van der Waals surface area contributed by atoms with Gasteiger partial charge in [-0.3, -0.25) is 0 Å². The zero-order valence-corrected chi connectivity index (χ0v) is 10.2. The first-order valence-corrected chi connectivity index (χ1v) is 6.32. The minimum Gasteiger partial charge on any atom is -0.508 e. The number of aromatic nitrogens is 2. The van der Waals surface area contributed by atoms with Gasteiger partial charge >= 0.3 is 0 Å².